The molecule has 0 radical (unpaired) electrons. The lowest BCUT2D eigenvalue weighted by Gasteiger charge is -2.33. The van der Waals surface area contributed by atoms with E-state index in [0.717, 1.165) is 5.56 Å². The van der Waals surface area contributed by atoms with Gasteiger partial charge < -0.3 is 19.1 Å². The zero-order valence-corrected chi connectivity index (χ0v) is 18.1. The van der Waals surface area contributed by atoms with Crippen LogP contribution in [-0.2, 0) is 11.8 Å². The largest absolute Gasteiger partial charge is 0.497 e. The molecule has 9 heteroatoms. The Labute approximate surface area is 185 Å². The molecular formula is C23H24N4O5. The highest BCUT2D eigenvalue weighted by Crippen LogP contribution is 2.27. The molecule has 0 saturated carbocycles. The molecule has 0 spiro atoms. The number of pyridine rings is 1. The summed E-state index contributed by atoms with van der Waals surface area (Å²) in [5.41, 5.74) is 1.57. The molecule has 1 aromatic carbocycles. The number of hydrogen-bond acceptors (Lipinski definition) is 8. The van der Waals surface area contributed by atoms with Gasteiger partial charge in [0.2, 0.25) is 5.95 Å². The molecule has 4 rings (SSSR count). The van der Waals surface area contributed by atoms with Gasteiger partial charge in [0.1, 0.15) is 17.6 Å². The Bertz CT molecular complexity index is 1180. The molecule has 1 unspecified atom stereocenters. The van der Waals surface area contributed by atoms with Crippen LogP contribution in [0.15, 0.2) is 53.6 Å². The third-order valence-corrected chi connectivity index (χ3v) is 5.40. The molecule has 1 aliphatic rings. The topological polar surface area (TPSA) is 95.8 Å². The zero-order chi connectivity index (χ0) is 22.7. The first kappa shape index (κ1) is 21.5. The van der Waals surface area contributed by atoms with E-state index in [-0.39, 0.29) is 17.9 Å². The summed E-state index contributed by atoms with van der Waals surface area (Å²) in [6.07, 6.45) is 2.58. The number of anilines is 1. The smallest absolute Gasteiger partial charge is 0.255 e. The second-order valence-corrected chi connectivity index (χ2v) is 7.31. The van der Waals surface area contributed by atoms with Crippen LogP contribution in [0.25, 0.3) is 11.3 Å². The molecule has 1 atom stereocenters. The Morgan fingerprint density at radius 1 is 1.12 bits per heavy atom. The van der Waals surface area contributed by atoms with E-state index >= 15 is 0 Å². The number of benzene rings is 1. The molecule has 0 bridgehead atoms. The van der Waals surface area contributed by atoms with Gasteiger partial charge in [0.25, 0.3) is 5.56 Å². The summed E-state index contributed by atoms with van der Waals surface area (Å²) in [5, 5.41) is 0. The van der Waals surface area contributed by atoms with Crippen LogP contribution in [0.2, 0.25) is 0 Å². The Balaban J connectivity index is 1.63. The third-order valence-electron chi connectivity index (χ3n) is 5.40. The maximum Gasteiger partial charge on any atom is 0.255 e. The zero-order valence-electron chi connectivity index (χ0n) is 18.1. The lowest BCUT2D eigenvalue weighted by molar-refractivity contribution is 0.0334. The van der Waals surface area contributed by atoms with Crippen molar-refractivity contribution in [2.45, 2.75) is 6.10 Å². The molecule has 0 amide bonds. The van der Waals surface area contributed by atoms with Crippen molar-refractivity contribution in [2.24, 2.45) is 7.05 Å². The van der Waals surface area contributed by atoms with E-state index in [0.29, 0.717) is 41.9 Å². The highest BCUT2D eigenvalue weighted by Gasteiger charge is 2.31. The molecule has 1 saturated heterocycles. The lowest BCUT2D eigenvalue weighted by Crippen LogP contribution is -2.48. The fourth-order valence-corrected chi connectivity index (χ4v) is 3.65. The van der Waals surface area contributed by atoms with Crippen molar-refractivity contribution in [3.05, 3.63) is 64.7 Å². The van der Waals surface area contributed by atoms with E-state index in [1.165, 1.54) is 17.7 Å². The number of ether oxygens (including phenoxy) is 3. The van der Waals surface area contributed by atoms with Crippen molar-refractivity contribution >= 4 is 11.7 Å². The average molecular weight is 436 g/mol. The number of morpholine rings is 1. The molecule has 2 aromatic heterocycles. The van der Waals surface area contributed by atoms with E-state index in [2.05, 4.69) is 4.98 Å². The number of carbonyl (C=O) groups is 1. The maximum atomic E-state index is 13.2. The van der Waals surface area contributed by atoms with E-state index in [4.69, 9.17) is 19.2 Å². The van der Waals surface area contributed by atoms with Crippen LogP contribution in [0.3, 0.4) is 0 Å². The first-order valence-corrected chi connectivity index (χ1v) is 10.1. The van der Waals surface area contributed by atoms with E-state index < -0.39 is 6.10 Å². The second kappa shape index (κ2) is 9.19. The van der Waals surface area contributed by atoms with Gasteiger partial charge in [-0.25, -0.2) is 4.98 Å². The van der Waals surface area contributed by atoms with Crippen LogP contribution >= 0.6 is 0 Å². The van der Waals surface area contributed by atoms with Crippen molar-refractivity contribution in [2.75, 3.05) is 38.8 Å². The summed E-state index contributed by atoms with van der Waals surface area (Å²) >= 11 is 0. The molecule has 1 aliphatic heterocycles. The van der Waals surface area contributed by atoms with Gasteiger partial charge in [-0.1, -0.05) is 0 Å². The highest BCUT2D eigenvalue weighted by molar-refractivity contribution is 6.02. The van der Waals surface area contributed by atoms with Crippen molar-refractivity contribution < 1.29 is 19.0 Å². The first-order valence-electron chi connectivity index (χ1n) is 10.1. The lowest BCUT2D eigenvalue weighted by atomic mass is 10.0. The number of rotatable bonds is 6. The molecule has 1 fully saturated rings. The van der Waals surface area contributed by atoms with Crippen LogP contribution in [0.4, 0.5) is 5.95 Å². The Kier molecular flexibility index (Phi) is 6.18. The van der Waals surface area contributed by atoms with Gasteiger partial charge in [-0.15, -0.1) is 0 Å². The monoisotopic (exact) mass is 436 g/mol. The van der Waals surface area contributed by atoms with E-state index in [1.54, 1.807) is 56.9 Å². The van der Waals surface area contributed by atoms with Gasteiger partial charge in [0.05, 0.1) is 38.6 Å². The van der Waals surface area contributed by atoms with Crippen LogP contribution in [-0.4, -0.2) is 60.3 Å². The summed E-state index contributed by atoms with van der Waals surface area (Å²) < 4.78 is 17.8. The SMILES string of the molecule is COc1ccc(C(=O)C2CN(c3nc(-c4ccncc4)cc(=O)n3C)CCO2)c(OC)c1. The predicted molar refractivity (Wildman–Crippen MR) is 119 cm³/mol. The fourth-order valence-electron chi connectivity index (χ4n) is 3.65. The molecule has 0 N–H and O–H groups in total. The van der Waals surface area contributed by atoms with Crippen LogP contribution in [0, 0.1) is 0 Å². The van der Waals surface area contributed by atoms with Crippen molar-refractivity contribution in [3.63, 3.8) is 0 Å². The molecule has 3 aromatic rings. The third kappa shape index (κ3) is 4.19. The van der Waals surface area contributed by atoms with Gasteiger partial charge in [-0.05, 0) is 24.3 Å². The van der Waals surface area contributed by atoms with Crippen molar-refractivity contribution in [3.8, 4) is 22.8 Å². The van der Waals surface area contributed by atoms with Crippen LogP contribution < -0.4 is 19.9 Å². The number of nitrogens with zero attached hydrogens (tertiary/aromatic N) is 4. The standard InChI is InChI=1S/C23H24N4O5/c1-26-21(28)13-18(15-6-8-24-9-7-15)25-23(26)27-10-11-32-20(14-27)22(29)17-5-4-16(30-2)12-19(17)31-3/h4-9,12-13,20H,10-11,14H2,1-3H3. The number of hydrogen-bond donors (Lipinski definition) is 0. The quantitative estimate of drug-likeness (QED) is 0.541. The van der Waals surface area contributed by atoms with E-state index in [9.17, 15) is 9.59 Å². The summed E-state index contributed by atoms with van der Waals surface area (Å²) in [6.45, 7) is 1.09. The summed E-state index contributed by atoms with van der Waals surface area (Å²) in [4.78, 5) is 36.5. The number of Topliss-reactive ketones (excluding diaryl/α,β-unsaturated/α-hetero) is 1. The number of ketones is 1. The minimum Gasteiger partial charge on any atom is -0.497 e. The number of methoxy groups -OCH3 is 2. The molecule has 3 heterocycles. The number of carbonyl (C=O) groups excluding carboxylic acids is 1. The highest BCUT2D eigenvalue weighted by atomic mass is 16.5. The number of aromatic nitrogens is 3. The molecule has 32 heavy (non-hydrogen) atoms. The molecule has 166 valence electrons. The van der Waals surface area contributed by atoms with Gasteiger partial charge in [0, 0.05) is 43.7 Å². The Morgan fingerprint density at radius 2 is 1.91 bits per heavy atom. The fraction of sp³-hybridized carbons (Fsp3) is 0.304. The summed E-state index contributed by atoms with van der Waals surface area (Å²) in [6, 6.07) is 10.1. The minimum absolute atomic E-state index is 0.187. The molecule has 9 nitrogen and oxygen atoms in total. The first-order chi connectivity index (χ1) is 15.5. The normalized spacial score (nSPS) is 16.0. The van der Waals surface area contributed by atoms with E-state index in [1.807, 2.05) is 4.90 Å². The van der Waals surface area contributed by atoms with Crippen molar-refractivity contribution in [1.29, 1.82) is 0 Å². The summed E-state index contributed by atoms with van der Waals surface area (Å²) in [5.74, 6) is 1.29. The van der Waals surface area contributed by atoms with Gasteiger partial charge in [-0.3, -0.25) is 19.1 Å². The van der Waals surface area contributed by atoms with Crippen LogP contribution in [0.5, 0.6) is 11.5 Å². The second-order valence-electron chi connectivity index (χ2n) is 7.31. The molecular weight excluding hydrogens is 412 g/mol. The minimum atomic E-state index is -0.729. The summed E-state index contributed by atoms with van der Waals surface area (Å²) in [7, 11) is 4.72. The van der Waals surface area contributed by atoms with Crippen molar-refractivity contribution in [1.82, 2.24) is 14.5 Å². The van der Waals surface area contributed by atoms with Gasteiger partial charge >= 0.3 is 0 Å². The average Bonchev–Trinajstić information content (AvgIpc) is 2.85. The van der Waals surface area contributed by atoms with Crippen LogP contribution in [0.1, 0.15) is 10.4 Å². The maximum absolute atomic E-state index is 13.2. The predicted octanol–water partition coefficient (Wildman–Crippen LogP) is 1.95. The van der Waals surface area contributed by atoms with Gasteiger partial charge in [-0.2, -0.15) is 0 Å². The Hall–Kier alpha value is -3.72. The molecule has 0 aliphatic carbocycles. The van der Waals surface area contributed by atoms with Gasteiger partial charge in [0.15, 0.2) is 5.78 Å². The Morgan fingerprint density at radius 3 is 2.62 bits per heavy atom.